The number of amides is 1. The molecule has 0 saturated carbocycles. The molecule has 0 unspecified atom stereocenters. The van der Waals surface area contributed by atoms with E-state index in [1.54, 1.807) is 9.80 Å². The second-order valence-corrected chi connectivity index (χ2v) is 6.53. The predicted molar refractivity (Wildman–Crippen MR) is 102 cm³/mol. The molecule has 1 amide bonds. The van der Waals surface area contributed by atoms with Crippen molar-refractivity contribution in [2.24, 2.45) is 0 Å². The molecule has 0 fully saturated rings. The summed E-state index contributed by atoms with van der Waals surface area (Å²) in [5.74, 6) is -1.25. The fourth-order valence-corrected chi connectivity index (χ4v) is 3.53. The van der Waals surface area contributed by atoms with Crippen LogP contribution in [0.4, 0.5) is 11.4 Å². The largest absolute Gasteiger partial charge is 0.466 e. The maximum Gasteiger partial charge on any atom is 0.355 e. The third-order valence-electron chi connectivity index (χ3n) is 4.94. The Hall–Kier alpha value is -2.87. The molecular weight excluding hydrogens is 364 g/mol. The van der Waals surface area contributed by atoms with Gasteiger partial charge in [-0.25, -0.2) is 9.59 Å². The number of hydrogen-bond acceptors (Lipinski definition) is 7. The predicted octanol–water partition coefficient (Wildman–Crippen LogP) is 1.77. The summed E-state index contributed by atoms with van der Waals surface area (Å²) < 4.78 is 15.2. The van der Waals surface area contributed by atoms with E-state index in [2.05, 4.69) is 0 Å². The van der Waals surface area contributed by atoms with Gasteiger partial charge in [0.05, 0.1) is 26.4 Å². The number of esters is 2. The van der Waals surface area contributed by atoms with E-state index in [0.29, 0.717) is 18.7 Å². The first-order valence-electron chi connectivity index (χ1n) is 9.20. The highest BCUT2D eigenvalue weighted by Gasteiger charge is 2.33. The number of aryl methyl sites for hydroxylation is 1. The van der Waals surface area contributed by atoms with Gasteiger partial charge >= 0.3 is 11.9 Å². The zero-order chi connectivity index (χ0) is 20.3. The molecular formula is C20H24N2O6. The standard InChI is InChI=1S/C20H24N2O6/c1-4-17(23)21-9-5-6-13-7-8-14(10-16(13)21)22-12-28-11-15(19(24)26-2)18(22)20(25)27-3/h7-8,10H,4-6,9,11-12H2,1-3H3. The first kappa shape index (κ1) is 19.9. The van der Waals surface area contributed by atoms with Gasteiger partial charge in [-0.15, -0.1) is 0 Å². The van der Waals surface area contributed by atoms with Crippen LogP contribution in [0.15, 0.2) is 29.5 Å². The Kier molecular flexibility index (Phi) is 5.99. The molecule has 0 saturated heterocycles. The Bertz CT molecular complexity index is 832. The number of methoxy groups -OCH3 is 2. The van der Waals surface area contributed by atoms with Crippen molar-refractivity contribution < 1.29 is 28.6 Å². The van der Waals surface area contributed by atoms with Gasteiger partial charge < -0.3 is 24.0 Å². The lowest BCUT2D eigenvalue weighted by molar-refractivity contribution is -0.140. The molecule has 8 nitrogen and oxygen atoms in total. The van der Waals surface area contributed by atoms with Crippen molar-refractivity contribution in [3.8, 4) is 0 Å². The smallest absolute Gasteiger partial charge is 0.355 e. The molecule has 2 aliphatic heterocycles. The Morgan fingerprint density at radius 2 is 1.89 bits per heavy atom. The van der Waals surface area contributed by atoms with Crippen LogP contribution in [0, 0.1) is 0 Å². The van der Waals surface area contributed by atoms with Crippen LogP contribution < -0.4 is 9.80 Å². The number of anilines is 2. The van der Waals surface area contributed by atoms with Gasteiger partial charge in [-0.3, -0.25) is 4.79 Å². The average molecular weight is 388 g/mol. The minimum Gasteiger partial charge on any atom is -0.466 e. The maximum absolute atomic E-state index is 12.4. The number of rotatable bonds is 4. The van der Waals surface area contributed by atoms with Crippen molar-refractivity contribution in [3.05, 3.63) is 35.0 Å². The quantitative estimate of drug-likeness (QED) is 0.727. The first-order chi connectivity index (χ1) is 13.5. The highest BCUT2D eigenvalue weighted by Crippen LogP contribution is 2.34. The molecule has 0 aliphatic carbocycles. The van der Waals surface area contributed by atoms with E-state index in [4.69, 9.17) is 14.2 Å². The summed E-state index contributed by atoms with van der Waals surface area (Å²) in [7, 11) is 2.50. The summed E-state index contributed by atoms with van der Waals surface area (Å²) in [4.78, 5) is 40.3. The van der Waals surface area contributed by atoms with Gasteiger partial charge in [-0.2, -0.15) is 0 Å². The minimum absolute atomic E-state index is 0.0427. The van der Waals surface area contributed by atoms with E-state index in [1.165, 1.54) is 14.2 Å². The fraction of sp³-hybridized carbons (Fsp3) is 0.450. The van der Waals surface area contributed by atoms with Crippen molar-refractivity contribution in [2.45, 2.75) is 26.2 Å². The molecule has 2 aliphatic rings. The number of carbonyl (C=O) groups is 3. The summed E-state index contributed by atoms with van der Waals surface area (Å²) in [6, 6.07) is 5.65. The van der Waals surface area contributed by atoms with E-state index in [-0.39, 0.29) is 30.5 Å². The normalized spacial score (nSPS) is 16.5. The molecule has 2 heterocycles. The lowest BCUT2D eigenvalue weighted by Gasteiger charge is -2.34. The van der Waals surface area contributed by atoms with Crippen molar-refractivity contribution in [2.75, 3.05) is 43.9 Å². The van der Waals surface area contributed by atoms with Crippen LogP contribution in [0.1, 0.15) is 25.3 Å². The SMILES string of the molecule is CCC(=O)N1CCCc2ccc(N3COCC(C(=O)OC)=C3C(=O)OC)cc21. The number of ether oxygens (including phenoxy) is 3. The van der Waals surface area contributed by atoms with E-state index in [9.17, 15) is 14.4 Å². The highest BCUT2D eigenvalue weighted by atomic mass is 16.5. The van der Waals surface area contributed by atoms with E-state index < -0.39 is 11.9 Å². The van der Waals surface area contributed by atoms with Crippen molar-refractivity contribution in [3.63, 3.8) is 0 Å². The summed E-state index contributed by atoms with van der Waals surface area (Å²) in [5, 5.41) is 0. The fourth-order valence-electron chi connectivity index (χ4n) is 3.53. The van der Waals surface area contributed by atoms with Crippen LogP contribution >= 0.6 is 0 Å². The van der Waals surface area contributed by atoms with Crippen molar-refractivity contribution in [1.82, 2.24) is 0 Å². The Morgan fingerprint density at radius 1 is 1.14 bits per heavy atom. The Balaban J connectivity index is 2.08. The van der Waals surface area contributed by atoms with Gasteiger partial charge in [-0.05, 0) is 30.5 Å². The van der Waals surface area contributed by atoms with E-state index in [1.807, 2.05) is 25.1 Å². The van der Waals surface area contributed by atoms with Crippen molar-refractivity contribution >= 4 is 29.2 Å². The highest BCUT2D eigenvalue weighted by molar-refractivity contribution is 6.03. The van der Waals surface area contributed by atoms with Gasteiger partial charge in [0.1, 0.15) is 12.4 Å². The second kappa shape index (κ2) is 8.43. The Morgan fingerprint density at radius 3 is 2.57 bits per heavy atom. The maximum atomic E-state index is 12.4. The number of hydrogen-bond donors (Lipinski definition) is 0. The third-order valence-corrected chi connectivity index (χ3v) is 4.94. The van der Waals surface area contributed by atoms with Gasteiger partial charge in [0.25, 0.3) is 0 Å². The van der Waals surface area contributed by atoms with Crippen LogP contribution in [-0.4, -0.2) is 51.9 Å². The summed E-state index contributed by atoms with van der Waals surface area (Å²) in [6.07, 6.45) is 2.20. The number of fused-ring (bicyclic) bond motifs is 1. The van der Waals surface area contributed by atoms with E-state index in [0.717, 1.165) is 24.1 Å². The van der Waals surface area contributed by atoms with Gasteiger partial charge in [0, 0.05) is 24.3 Å². The summed E-state index contributed by atoms with van der Waals surface area (Å²) >= 11 is 0. The molecule has 150 valence electrons. The molecule has 0 aromatic heterocycles. The zero-order valence-electron chi connectivity index (χ0n) is 16.3. The molecule has 8 heteroatoms. The van der Waals surface area contributed by atoms with Crippen LogP contribution in [0.25, 0.3) is 0 Å². The first-order valence-corrected chi connectivity index (χ1v) is 9.20. The van der Waals surface area contributed by atoms with Crippen LogP contribution in [0.5, 0.6) is 0 Å². The van der Waals surface area contributed by atoms with Crippen LogP contribution in [0.2, 0.25) is 0 Å². The average Bonchev–Trinajstić information content (AvgIpc) is 2.76. The second-order valence-electron chi connectivity index (χ2n) is 6.53. The summed E-state index contributed by atoms with van der Waals surface area (Å²) in [5.41, 5.74) is 2.72. The number of nitrogens with zero attached hydrogens (tertiary/aromatic N) is 2. The topological polar surface area (TPSA) is 85.4 Å². The lowest BCUT2D eigenvalue weighted by atomic mass is 10.00. The molecule has 0 N–H and O–H groups in total. The molecule has 0 atom stereocenters. The number of carbonyl (C=O) groups excluding carboxylic acids is 3. The zero-order valence-corrected chi connectivity index (χ0v) is 16.3. The number of benzene rings is 1. The van der Waals surface area contributed by atoms with Crippen LogP contribution in [0.3, 0.4) is 0 Å². The van der Waals surface area contributed by atoms with Gasteiger partial charge in [0.2, 0.25) is 5.91 Å². The Labute approximate surface area is 163 Å². The van der Waals surface area contributed by atoms with Gasteiger partial charge in [0.15, 0.2) is 0 Å². The summed E-state index contributed by atoms with van der Waals surface area (Å²) in [6.45, 7) is 2.52. The molecule has 1 aromatic carbocycles. The molecule has 0 radical (unpaired) electrons. The molecule has 0 bridgehead atoms. The molecule has 28 heavy (non-hydrogen) atoms. The molecule has 3 rings (SSSR count). The monoisotopic (exact) mass is 388 g/mol. The lowest BCUT2D eigenvalue weighted by Crippen LogP contribution is -2.39. The molecule has 0 spiro atoms. The van der Waals surface area contributed by atoms with Gasteiger partial charge in [-0.1, -0.05) is 13.0 Å². The van der Waals surface area contributed by atoms with Crippen molar-refractivity contribution in [1.29, 1.82) is 0 Å². The van der Waals surface area contributed by atoms with Crippen LogP contribution in [-0.2, 0) is 35.0 Å². The van der Waals surface area contributed by atoms with E-state index >= 15 is 0 Å². The molecule has 1 aromatic rings. The minimum atomic E-state index is -0.650. The third kappa shape index (κ3) is 3.60.